The first-order chi connectivity index (χ1) is 16.0. The minimum Gasteiger partial charge on any atom is -0.462 e. The van der Waals surface area contributed by atoms with E-state index in [4.69, 9.17) is 9.47 Å². The molecule has 168 valence electrons. The zero-order valence-electron chi connectivity index (χ0n) is 18.1. The average molecular weight is 446 g/mol. The van der Waals surface area contributed by atoms with Crippen LogP contribution in [0.4, 0.5) is 5.69 Å². The zero-order valence-corrected chi connectivity index (χ0v) is 18.1. The third-order valence-corrected chi connectivity index (χ3v) is 6.22. The number of fused-ring (bicyclic) bond motifs is 2. The molecule has 5 rings (SSSR count). The van der Waals surface area contributed by atoms with Gasteiger partial charge in [-0.15, -0.1) is 0 Å². The number of carbonyl (C=O) groups is 2. The summed E-state index contributed by atoms with van der Waals surface area (Å²) in [5, 5.41) is 11.5. The summed E-state index contributed by atoms with van der Waals surface area (Å²) in [6, 6.07) is 13.2. The van der Waals surface area contributed by atoms with E-state index in [0.29, 0.717) is 47.0 Å². The fourth-order valence-corrected chi connectivity index (χ4v) is 4.78. The lowest BCUT2D eigenvalue weighted by Crippen LogP contribution is -2.31. The summed E-state index contributed by atoms with van der Waals surface area (Å²) in [6.07, 6.45) is 1.90. The van der Waals surface area contributed by atoms with Gasteiger partial charge in [-0.2, -0.15) is 0 Å². The van der Waals surface area contributed by atoms with Crippen LogP contribution in [0.25, 0.3) is 5.76 Å². The van der Waals surface area contributed by atoms with Crippen LogP contribution in [-0.4, -0.2) is 41.3 Å². The number of esters is 1. The molecule has 3 aliphatic rings. The SMILES string of the molecule is CCOC(=O)C1=C(N2CCCC2)OC2=C(C(=O)c3ccccc32)C1c1cccc([N+](=O)[O-])c1. The number of likely N-dealkylation sites (tertiary alicyclic amines) is 1. The van der Waals surface area contributed by atoms with Gasteiger partial charge in [0, 0.05) is 36.3 Å². The Balaban J connectivity index is 1.76. The number of nitrogens with zero attached hydrogens (tertiary/aromatic N) is 2. The summed E-state index contributed by atoms with van der Waals surface area (Å²) in [4.78, 5) is 39.8. The van der Waals surface area contributed by atoms with Crippen LogP contribution in [0.2, 0.25) is 0 Å². The van der Waals surface area contributed by atoms with Gasteiger partial charge in [-0.1, -0.05) is 36.4 Å². The van der Waals surface area contributed by atoms with Gasteiger partial charge in [-0.25, -0.2) is 4.79 Å². The zero-order chi connectivity index (χ0) is 23.1. The number of nitro groups is 1. The van der Waals surface area contributed by atoms with Gasteiger partial charge in [0.05, 0.1) is 23.0 Å². The maximum atomic E-state index is 13.5. The highest BCUT2D eigenvalue weighted by atomic mass is 16.6. The lowest BCUT2D eigenvalue weighted by atomic mass is 9.81. The Morgan fingerprint density at radius 1 is 1.15 bits per heavy atom. The molecule has 8 nitrogen and oxygen atoms in total. The van der Waals surface area contributed by atoms with Crippen molar-refractivity contribution in [2.75, 3.05) is 19.7 Å². The Labute approximate surface area is 190 Å². The number of ether oxygens (including phenoxy) is 2. The number of rotatable bonds is 5. The summed E-state index contributed by atoms with van der Waals surface area (Å²) < 4.78 is 11.7. The average Bonchev–Trinajstić information content (AvgIpc) is 3.46. The van der Waals surface area contributed by atoms with E-state index >= 15 is 0 Å². The molecule has 0 bridgehead atoms. The van der Waals surface area contributed by atoms with Crippen molar-refractivity contribution in [1.29, 1.82) is 0 Å². The monoisotopic (exact) mass is 446 g/mol. The van der Waals surface area contributed by atoms with Crippen LogP contribution in [0, 0.1) is 10.1 Å². The molecule has 2 aromatic rings. The Hall–Kier alpha value is -3.94. The Morgan fingerprint density at radius 3 is 2.58 bits per heavy atom. The van der Waals surface area contributed by atoms with Crippen LogP contribution >= 0.6 is 0 Å². The van der Waals surface area contributed by atoms with Crippen LogP contribution in [0.15, 0.2) is 65.6 Å². The second kappa shape index (κ2) is 8.20. The second-order valence-corrected chi connectivity index (χ2v) is 8.14. The summed E-state index contributed by atoms with van der Waals surface area (Å²) in [6.45, 7) is 3.27. The molecule has 0 saturated carbocycles. The number of benzene rings is 2. The minimum absolute atomic E-state index is 0.116. The first-order valence-electron chi connectivity index (χ1n) is 11.0. The van der Waals surface area contributed by atoms with E-state index < -0.39 is 16.8 Å². The maximum Gasteiger partial charge on any atom is 0.340 e. The molecule has 1 aliphatic carbocycles. The summed E-state index contributed by atoms with van der Waals surface area (Å²) >= 11 is 0. The van der Waals surface area contributed by atoms with Crippen LogP contribution in [0.5, 0.6) is 0 Å². The number of ketones is 1. The highest BCUT2D eigenvalue weighted by Crippen LogP contribution is 2.50. The predicted octanol–water partition coefficient (Wildman–Crippen LogP) is 4.19. The fraction of sp³-hybridized carbons (Fsp3) is 0.280. The Morgan fingerprint density at radius 2 is 1.88 bits per heavy atom. The van der Waals surface area contributed by atoms with E-state index in [0.717, 1.165) is 12.8 Å². The molecule has 0 spiro atoms. The molecule has 2 heterocycles. The highest BCUT2D eigenvalue weighted by Gasteiger charge is 2.47. The predicted molar refractivity (Wildman–Crippen MR) is 119 cm³/mol. The minimum atomic E-state index is -0.844. The molecule has 0 radical (unpaired) electrons. The third kappa shape index (κ3) is 3.38. The smallest absolute Gasteiger partial charge is 0.340 e. The van der Waals surface area contributed by atoms with E-state index in [1.807, 2.05) is 17.0 Å². The van der Waals surface area contributed by atoms with E-state index in [9.17, 15) is 19.7 Å². The molecule has 0 N–H and O–H groups in total. The number of hydrogen-bond acceptors (Lipinski definition) is 7. The van der Waals surface area contributed by atoms with Crippen molar-refractivity contribution in [2.24, 2.45) is 0 Å². The number of allylic oxidation sites excluding steroid dienone is 1. The molecule has 1 saturated heterocycles. The van der Waals surface area contributed by atoms with Crippen LogP contribution in [0.3, 0.4) is 0 Å². The van der Waals surface area contributed by atoms with E-state index in [2.05, 4.69) is 0 Å². The summed E-state index contributed by atoms with van der Waals surface area (Å²) in [7, 11) is 0. The standard InChI is InChI=1S/C25H22N2O6/c1-2-32-25(29)21-19(15-8-7-9-16(14-15)27(30)31)20-22(28)17-10-3-4-11-18(17)23(20)33-24(21)26-12-5-6-13-26/h3-4,7-11,14,19H,2,5-6,12-13H2,1H3. The number of nitro benzene ring substituents is 1. The van der Waals surface area contributed by atoms with E-state index in [-0.39, 0.29) is 23.7 Å². The maximum absolute atomic E-state index is 13.5. The molecule has 8 heteroatoms. The summed E-state index contributed by atoms with van der Waals surface area (Å²) in [5.41, 5.74) is 2.02. The largest absolute Gasteiger partial charge is 0.462 e. The van der Waals surface area contributed by atoms with Crippen molar-refractivity contribution in [3.63, 3.8) is 0 Å². The lowest BCUT2D eigenvalue weighted by Gasteiger charge is -2.33. The van der Waals surface area contributed by atoms with Gasteiger partial charge >= 0.3 is 5.97 Å². The molecule has 2 aromatic carbocycles. The van der Waals surface area contributed by atoms with E-state index in [1.165, 1.54) is 12.1 Å². The van der Waals surface area contributed by atoms with Crippen molar-refractivity contribution in [1.82, 2.24) is 4.90 Å². The lowest BCUT2D eigenvalue weighted by molar-refractivity contribution is -0.384. The molecule has 33 heavy (non-hydrogen) atoms. The molecule has 1 fully saturated rings. The van der Waals surface area contributed by atoms with Gasteiger partial charge < -0.3 is 14.4 Å². The molecule has 1 atom stereocenters. The third-order valence-electron chi connectivity index (χ3n) is 6.22. The highest BCUT2D eigenvalue weighted by molar-refractivity contribution is 6.22. The van der Waals surface area contributed by atoms with Gasteiger partial charge in [0.1, 0.15) is 11.3 Å². The van der Waals surface area contributed by atoms with Crippen molar-refractivity contribution < 1.29 is 24.0 Å². The van der Waals surface area contributed by atoms with Crippen molar-refractivity contribution in [2.45, 2.75) is 25.7 Å². The molecular formula is C25H22N2O6. The van der Waals surface area contributed by atoms with Crippen molar-refractivity contribution in [3.05, 3.63) is 92.4 Å². The van der Waals surface area contributed by atoms with Crippen LogP contribution < -0.4 is 0 Å². The van der Waals surface area contributed by atoms with Crippen LogP contribution in [-0.2, 0) is 14.3 Å². The Bertz CT molecular complexity index is 1240. The number of carbonyl (C=O) groups excluding carboxylic acids is 2. The molecule has 1 unspecified atom stereocenters. The molecule has 0 amide bonds. The first-order valence-corrected chi connectivity index (χ1v) is 11.0. The van der Waals surface area contributed by atoms with Crippen LogP contribution in [0.1, 0.15) is 47.2 Å². The number of hydrogen-bond donors (Lipinski definition) is 0. The Kier molecular flexibility index (Phi) is 5.20. The molecule has 0 aromatic heterocycles. The van der Waals surface area contributed by atoms with Crippen molar-refractivity contribution >= 4 is 23.2 Å². The van der Waals surface area contributed by atoms with Gasteiger partial charge in [-0.05, 0) is 25.3 Å². The van der Waals surface area contributed by atoms with Gasteiger partial charge in [0.2, 0.25) is 5.88 Å². The first kappa shape index (κ1) is 20.9. The summed E-state index contributed by atoms with van der Waals surface area (Å²) in [5.74, 6) is -0.915. The molecular weight excluding hydrogens is 424 g/mol. The quantitative estimate of drug-likeness (QED) is 0.386. The number of Topliss-reactive ketones (excluding diaryl/α,β-unsaturated/α-hetero) is 1. The molecule has 2 aliphatic heterocycles. The normalized spacial score (nSPS) is 19.4. The second-order valence-electron chi connectivity index (χ2n) is 8.14. The topological polar surface area (TPSA) is 99.0 Å². The van der Waals surface area contributed by atoms with Gasteiger partial charge in [0.25, 0.3) is 5.69 Å². The van der Waals surface area contributed by atoms with Gasteiger partial charge in [0.15, 0.2) is 5.78 Å². The number of non-ortho nitro benzene ring substituents is 1. The van der Waals surface area contributed by atoms with Gasteiger partial charge in [-0.3, -0.25) is 14.9 Å². The van der Waals surface area contributed by atoms with E-state index in [1.54, 1.807) is 31.2 Å². The van der Waals surface area contributed by atoms with Crippen molar-refractivity contribution in [3.8, 4) is 0 Å². The fourth-order valence-electron chi connectivity index (χ4n) is 4.78.